The van der Waals surface area contributed by atoms with Gasteiger partial charge in [-0.2, -0.15) is 9.97 Å². The van der Waals surface area contributed by atoms with Crippen LogP contribution in [0.2, 0.25) is 0 Å². The van der Waals surface area contributed by atoms with Crippen molar-refractivity contribution in [1.82, 2.24) is 9.97 Å². The van der Waals surface area contributed by atoms with E-state index in [4.69, 9.17) is 38.4 Å². The molecule has 0 saturated heterocycles. The van der Waals surface area contributed by atoms with Crippen molar-refractivity contribution in [1.29, 1.82) is 0 Å². The van der Waals surface area contributed by atoms with E-state index in [1.54, 1.807) is 0 Å². The molecule has 1 amide bonds. The Bertz CT molecular complexity index is 2490. The molecule has 65 heavy (non-hydrogen) atoms. The molecule has 0 bridgehead atoms. The van der Waals surface area contributed by atoms with Crippen LogP contribution in [-0.2, 0) is 63.4 Å². The monoisotopic (exact) mass is 870 g/mol. The number of carbonyl (C=O) groups excluding carboxylic acids is 1. The highest BCUT2D eigenvalue weighted by atomic mass is 16.6. The van der Waals surface area contributed by atoms with Gasteiger partial charge in [-0.05, 0) is 40.3 Å². The summed E-state index contributed by atoms with van der Waals surface area (Å²) in [6.45, 7) is 3.82. The first-order chi connectivity index (χ1) is 32.1. The number of amides is 1. The lowest BCUT2D eigenvalue weighted by Crippen LogP contribution is -2.55. The smallest absolute Gasteiger partial charge is 0.322 e. The van der Waals surface area contributed by atoms with E-state index < -0.39 is 24.4 Å². The maximum Gasteiger partial charge on any atom is 0.322 e. The quantitative estimate of drug-likeness (QED) is 0.0667. The predicted octanol–water partition coefficient (Wildman–Crippen LogP) is 9.75. The topological polar surface area (TPSA) is 114 Å². The van der Waals surface area contributed by atoms with Crippen molar-refractivity contribution in [2.45, 2.75) is 70.9 Å². The fourth-order valence-electron chi connectivity index (χ4n) is 7.47. The molecule has 0 unspecified atom stereocenters. The van der Waals surface area contributed by atoms with Crippen molar-refractivity contribution < 1.29 is 33.2 Å². The Morgan fingerprint density at radius 1 is 0.508 bits per heavy atom. The van der Waals surface area contributed by atoms with Gasteiger partial charge in [0.25, 0.3) is 0 Å². The molecule has 1 aliphatic heterocycles. The molecule has 8 rings (SSSR count). The summed E-state index contributed by atoms with van der Waals surface area (Å²) in [5.74, 6) is 0.356. The van der Waals surface area contributed by atoms with E-state index in [9.17, 15) is 4.79 Å². The Balaban J connectivity index is 1.18. The number of hydrogen-bond acceptors (Lipinski definition) is 10. The van der Waals surface area contributed by atoms with Gasteiger partial charge >= 0.3 is 6.01 Å². The number of aromatic nitrogens is 2. The number of fused-ring (bicyclic) bond motifs is 1. The molecular formula is C54H54N4O7. The fraction of sp³-hybridized carbons (Fsp3) is 0.241. The molecule has 0 aliphatic carbocycles. The summed E-state index contributed by atoms with van der Waals surface area (Å²) in [7, 11) is 0. The van der Waals surface area contributed by atoms with E-state index in [1.165, 1.54) is 0 Å². The molecule has 0 fully saturated rings. The van der Waals surface area contributed by atoms with E-state index in [0.717, 1.165) is 33.4 Å². The van der Waals surface area contributed by atoms with Crippen molar-refractivity contribution in [3.63, 3.8) is 0 Å². The standard InChI is InChI=1S/C54H54N4O7/c1-40-52(59)55-49-51(56-54(65-38-46-30-18-7-19-31-46)57-53(49)64-37-45-28-16-6-17-29-45)58(40)32-47(61-34-42-22-10-3-11-23-42)50(63-36-44-26-14-5-15-27-44)48(62-35-43-24-12-4-13-25-43)39-60-33-41-20-8-2-9-21-41/h2-31,40,47-48,50H,32-39H2,1H3,(H,55,59)/t40-,47+,48-,50+/m1/s1. The molecule has 11 nitrogen and oxygen atoms in total. The molecule has 11 heteroatoms. The SMILES string of the molecule is C[C@@H]1C(=O)Nc2c(OCc3ccccc3)nc(OCc3ccccc3)nc2N1C[C@H](OCc1ccccc1)[C@H](OCc1ccccc1)[C@@H](COCc1ccccc1)OCc1ccccc1. The maximum atomic E-state index is 14.1. The van der Waals surface area contributed by atoms with Crippen molar-refractivity contribution in [2.24, 2.45) is 0 Å². The zero-order valence-electron chi connectivity index (χ0n) is 36.5. The van der Waals surface area contributed by atoms with Crippen molar-refractivity contribution in [3.05, 3.63) is 215 Å². The molecule has 7 aromatic rings. The first-order valence-corrected chi connectivity index (χ1v) is 22.0. The van der Waals surface area contributed by atoms with Crippen LogP contribution in [0.4, 0.5) is 11.5 Å². The molecule has 2 heterocycles. The second kappa shape index (κ2) is 23.2. The maximum absolute atomic E-state index is 14.1. The summed E-state index contributed by atoms with van der Waals surface area (Å²) < 4.78 is 40.0. The van der Waals surface area contributed by atoms with Crippen molar-refractivity contribution in [3.8, 4) is 11.9 Å². The van der Waals surface area contributed by atoms with Gasteiger partial charge in [0, 0.05) is 6.54 Å². The third kappa shape index (κ3) is 12.9. The number of hydrogen-bond donors (Lipinski definition) is 1. The summed E-state index contributed by atoms with van der Waals surface area (Å²) in [5, 5.41) is 3.05. The van der Waals surface area contributed by atoms with Crippen LogP contribution >= 0.6 is 0 Å². The lowest BCUT2D eigenvalue weighted by Gasteiger charge is -2.40. The second-order valence-corrected chi connectivity index (χ2v) is 15.8. The number of nitrogens with one attached hydrogen (secondary N) is 1. The Hall–Kier alpha value is -6.89. The summed E-state index contributed by atoms with van der Waals surface area (Å²) in [6.07, 6.45) is -2.06. The number of ether oxygens (including phenoxy) is 6. The molecule has 0 radical (unpaired) electrons. The number of benzene rings is 6. The lowest BCUT2D eigenvalue weighted by molar-refractivity contribution is -0.166. The van der Waals surface area contributed by atoms with Crippen LogP contribution in [0.5, 0.6) is 11.9 Å². The van der Waals surface area contributed by atoms with Crippen LogP contribution in [0.25, 0.3) is 0 Å². The average Bonchev–Trinajstić information content (AvgIpc) is 3.36. The Morgan fingerprint density at radius 2 is 0.923 bits per heavy atom. The largest absolute Gasteiger partial charge is 0.471 e. The third-order valence-corrected chi connectivity index (χ3v) is 11.0. The highest BCUT2D eigenvalue weighted by Gasteiger charge is 2.40. The van der Waals surface area contributed by atoms with Crippen LogP contribution in [0.15, 0.2) is 182 Å². The van der Waals surface area contributed by atoms with Gasteiger partial charge in [0.15, 0.2) is 5.82 Å². The zero-order chi connectivity index (χ0) is 44.5. The van der Waals surface area contributed by atoms with Gasteiger partial charge < -0.3 is 38.6 Å². The van der Waals surface area contributed by atoms with Crippen LogP contribution in [0, 0.1) is 0 Å². The van der Waals surface area contributed by atoms with Gasteiger partial charge in [-0.15, -0.1) is 0 Å². The second-order valence-electron chi connectivity index (χ2n) is 15.8. The van der Waals surface area contributed by atoms with E-state index >= 15 is 0 Å². The van der Waals surface area contributed by atoms with E-state index in [0.29, 0.717) is 24.7 Å². The number of carbonyl (C=O) groups is 1. The molecule has 0 spiro atoms. The van der Waals surface area contributed by atoms with Crippen LogP contribution in [-0.4, -0.2) is 53.4 Å². The minimum Gasteiger partial charge on any atom is -0.471 e. The molecule has 0 saturated carbocycles. The number of rotatable bonds is 23. The third-order valence-electron chi connectivity index (χ3n) is 11.0. The fourth-order valence-corrected chi connectivity index (χ4v) is 7.47. The highest BCUT2D eigenvalue weighted by Crippen LogP contribution is 2.39. The van der Waals surface area contributed by atoms with E-state index in [-0.39, 0.29) is 57.4 Å². The molecule has 1 aliphatic rings. The predicted molar refractivity (Wildman–Crippen MR) is 250 cm³/mol. The summed E-state index contributed by atoms with van der Waals surface area (Å²) >= 11 is 0. The Labute approximate surface area is 380 Å². The number of anilines is 2. The molecule has 1 N–H and O–H groups in total. The first kappa shape index (κ1) is 44.7. The van der Waals surface area contributed by atoms with Gasteiger partial charge in [0.1, 0.15) is 43.3 Å². The molecule has 4 atom stereocenters. The molecule has 6 aromatic carbocycles. The van der Waals surface area contributed by atoms with Crippen molar-refractivity contribution >= 4 is 17.4 Å². The summed E-state index contributed by atoms with van der Waals surface area (Å²) in [6, 6.07) is 59.1. The zero-order valence-corrected chi connectivity index (χ0v) is 36.5. The van der Waals surface area contributed by atoms with E-state index in [1.807, 2.05) is 194 Å². The summed E-state index contributed by atoms with van der Waals surface area (Å²) in [4.78, 5) is 25.7. The number of nitrogens with zero attached hydrogens (tertiary/aromatic N) is 3. The van der Waals surface area contributed by atoms with Gasteiger partial charge in [0.2, 0.25) is 11.8 Å². The van der Waals surface area contributed by atoms with Crippen LogP contribution < -0.4 is 19.7 Å². The minimum atomic E-state index is -0.719. The normalized spacial score (nSPS) is 14.8. The van der Waals surface area contributed by atoms with Crippen molar-refractivity contribution in [2.75, 3.05) is 23.4 Å². The van der Waals surface area contributed by atoms with E-state index in [2.05, 4.69) is 5.32 Å². The summed E-state index contributed by atoms with van der Waals surface area (Å²) in [5.41, 5.74) is 6.21. The van der Waals surface area contributed by atoms with Crippen LogP contribution in [0.3, 0.4) is 0 Å². The Kier molecular flexibility index (Phi) is 15.9. The van der Waals surface area contributed by atoms with Gasteiger partial charge in [0.05, 0.1) is 33.0 Å². The van der Waals surface area contributed by atoms with Gasteiger partial charge in [-0.3, -0.25) is 4.79 Å². The lowest BCUT2D eigenvalue weighted by atomic mass is 10.0. The average molecular weight is 871 g/mol. The first-order valence-electron chi connectivity index (χ1n) is 22.0. The molecule has 332 valence electrons. The minimum absolute atomic E-state index is 0.0982. The van der Waals surface area contributed by atoms with Crippen LogP contribution in [0.1, 0.15) is 40.3 Å². The van der Waals surface area contributed by atoms with Gasteiger partial charge in [-0.25, -0.2) is 0 Å². The molecular weight excluding hydrogens is 817 g/mol. The van der Waals surface area contributed by atoms with Gasteiger partial charge in [-0.1, -0.05) is 182 Å². The Morgan fingerprint density at radius 3 is 1.42 bits per heavy atom. The molecule has 1 aromatic heterocycles. The highest BCUT2D eigenvalue weighted by molar-refractivity contribution is 6.03.